The molecule has 0 radical (unpaired) electrons. The highest BCUT2D eigenvalue weighted by Crippen LogP contribution is 2.12. The van der Waals surface area contributed by atoms with Crippen molar-refractivity contribution < 1.29 is 0 Å². The van der Waals surface area contributed by atoms with Gasteiger partial charge in [-0.1, -0.05) is 0 Å². The van der Waals surface area contributed by atoms with Gasteiger partial charge in [0.05, 0.1) is 0 Å². The van der Waals surface area contributed by atoms with Crippen molar-refractivity contribution >= 4 is 11.6 Å². The Hall–Kier alpha value is -1.62. The Balaban J connectivity index is 2.33. The van der Waals surface area contributed by atoms with E-state index in [0.717, 1.165) is 5.65 Å². The van der Waals surface area contributed by atoms with Gasteiger partial charge in [-0.05, 0) is 38.5 Å². The fourth-order valence-electron chi connectivity index (χ4n) is 1.39. The van der Waals surface area contributed by atoms with Gasteiger partial charge >= 0.3 is 0 Å². The molecule has 0 aliphatic heterocycles. The van der Waals surface area contributed by atoms with E-state index in [1.165, 1.54) is 5.56 Å². The molecule has 0 aromatic carbocycles. The van der Waals surface area contributed by atoms with E-state index in [9.17, 15) is 0 Å². The molecule has 0 amide bonds. The summed E-state index contributed by atoms with van der Waals surface area (Å²) in [6, 6.07) is 3.99. The Morgan fingerprint density at radius 1 is 1.50 bits per heavy atom. The van der Waals surface area contributed by atoms with Gasteiger partial charge in [-0.15, -0.1) is 5.10 Å². The molecule has 0 saturated carbocycles. The van der Waals surface area contributed by atoms with E-state index < -0.39 is 0 Å². The van der Waals surface area contributed by atoms with Crippen molar-refractivity contribution in [3.8, 4) is 0 Å². The standard InChI is InChI=1S/C11H17N5/c1-8-4-5-16-9(6-8)13-10(15-16)14-11(2,3)7-12/h4-6H,7,12H2,1-3H3,(H,14,15). The topological polar surface area (TPSA) is 68.2 Å². The summed E-state index contributed by atoms with van der Waals surface area (Å²) in [5.74, 6) is 0.612. The molecule has 0 bridgehead atoms. The van der Waals surface area contributed by atoms with Gasteiger partial charge in [-0.3, -0.25) is 0 Å². The van der Waals surface area contributed by atoms with E-state index in [1.807, 2.05) is 39.1 Å². The third kappa shape index (κ3) is 2.14. The highest BCUT2D eigenvalue weighted by molar-refractivity contribution is 5.45. The number of fused-ring (bicyclic) bond motifs is 1. The lowest BCUT2D eigenvalue weighted by atomic mass is 10.1. The first-order valence-corrected chi connectivity index (χ1v) is 5.31. The van der Waals surface area contributed by atoms with Crippen molar-refractivity contribution in [2.24, 2.45) is 5.73 Å². The summed E-state index contributed by atoms with van der Waals surface area (Å²) in [5, 5.41) is 7.53. The summed E-state index contributed by atoms with van der Waals surface area (Å²) in [5.41, 5.74) is 7.47. The number of pyridine rings is 1. The number of anilines is 1. The monoisotopic (exact) mass is 219 g/mol. The molecule has 2 aromatic rings. The molecule has 0 fully saturated rings. The normalized spacial score (nSPS) is 12.0. The Kier molecular flexibility index (Phi) is 2.55. The van der Waals surface area contributed by atoms with Crippen LogP contribution in [0.15, 0.2) is 18.3 Å². The van der Waals surface area contributed by atoms with Crippen LogP contribution in [0.4, 0.5) is 5.95 Å². The average Bonchev–Trinajstić information content (AvgIpc) is 2.58. The predicted molar refractivity (Wildman–Crippen MR) is 64.5 cm³/mol. The zero-order valence-electron chi connectivity index (χ0n) is 9.86. The van der Waals surface area contributed by atoms with Crippen LogP contribution < -0.4 is 11.1 Å². The van der Waals surface area contributed by atoms with Gasteiger partial charge in [0.2, 0.25) is 5.95 Å². The van der Waals surface area contributed by atoms with Gasteiger partial charge in [0.25, 0.3) is 0 Å². The minimum absolute atomic E-state index is 0.194. The lowest BCUT2D eigenvalue weighted by Gasteiger charge is -2.22. The molecule has 0 unspecified atom stereocenters. The number of nitrogens with zero attached hydrogens (tertiary/aromatic N) is 3. The molecule has 2 rings (SSSR count). The van der Waals surface area contributed by atoms with E-state index >= 15 is 0 Å². The predicted octanol–water partition coefficient (Wildman–Crippen LogP) is 1.19. The molecule has 0 saturated heterocycles. The van der Waals surface area contributed by atoms with Crippen molar-refractivity contribution in [1.29, 1.82) is 0 Å². The first kappa shape index (κ1) is 10.9. The van der Waals surface area contributed by atoms with Crippen LogP contribution >= 0.6 is 0 Å². The third-order valence-corrected chi connectivity index (χ3v) is 2.45. The summed E-state index contributed by atoms with van der Waals surface area (Å²) in [6.07, 6.45) is 1.90. The maximum absolute atomic E-state index is 5.65. The Morgan fingerprint density at radius 2 is 2.25 bits per heavy atom. The number of aromatic nitrogens is 3. The maximum atomic E-state index is 5.65. The molecule has 0 aliphatic carbocycles. The number of nitrogens with two attached hydrogens (primary N) is 1. The Labute approximate surface area is 94.7 Å². The van der Waals surface area contributed by atoms with E-state index in [0.29, 0.717) is 12.5 Å². The van der Waals surface area contributed by atoms with Crippen LogP contribution in [0.1, 0.15) is 19.4 Å². The van der Waals surface area contributed by atoms with Gasteiger partial charge in [0.1, 0.15) is 0 Å². The zero-order valence-corrected chi connectivity index (χ0v) is 9.86. The highest BCUT2D eigenvalue weighted by Gasteiger charge is 2.17. The Bertz CT molecular complexity index is 500. The quantitative estimate of drug-likeness (QED) is 0.813. The smallest absolute Gasteiger partial charge is 0.243 e. The molecule has 2 heterocycles. The minimum atomic E-state index is -0.194. The Morgan fingerprint density at radius 3 is 2.94 bits per heavy atom. The summed E-state index contributed by atoms with van der Waals surface area (Å²) in [6.45, 7) is 6.60. The number of nitrogens with one attached hydrogen (secondary N) is 1. The van der Waals surface area contributed by atoms with Crippen LogP contribution in [0.5, 0.6) is 0 Å². The van der Waals surface area contributed by atoms with Crippen LogP contribution in [-0.4, -0.2) is 26.7 Å². The molecular formula is C11H17N5. The van der Waals surface area contributed by atoms with E-state index in [1.54, 1.807) is 4.52 Å². The number of hydrogen-bond acceptors (Lipinski definition) is 4. The van der Waals surface area contributed by atoms with Crippen LogP contribution in [0, 0.1) is 6.92 Å². The van der Waals surface area contributed by atoms with E-state index in [4.69, 9.17) is 5.73 Å². The molecule has 3 N–H and O–H groups in total. The number of hydrogen-bond donors (Lipinski definition) is 2. The molecule has 0 atom stereocenters. The van der Waals surface area contributed by atoms with Gasteiger partial charge < -0.3 is 11.1 Å². The summed E-state index contributed by atoms with van der Waals surface area (Å²) < 4.78 is 1.75. The molecule has 5 nitrogen and oxygen atoms in total. The lowest BCUT2D eigenvalue weighted by molar-refractivity contribution is 0.574. The second-order valence-electron chi connectivity index (χ2n) is 4.66. The third-order valence-electron chi connectivity index (χ3n) is 2.45. The second kappa shape index (κ2) is 3.75. The van der Waals surface area contributed by atoms with Crippen LogP contribution in [0.3, 0.4) is 0 Å². The molecule has 2 aromatic heterocycles. The first-order chi connectivity index (χ1) is 7.50. The molecule has 86 valence electrons. The molecule has 0 aliphatic rings. The molecule has 0 spiro atoms. The molecule has 16 heavy (non-hydrogen) atoms. The van der Waals surface area contributed by atoms with Gasteiger partial charge in [-0.25, -0.2) is 4.52 Å². The first-order valence-electron chi connectivity index (χ1n) is 5.31. The van der Waals surface area contributed by atoms with Crippen LogP contribution in [-0.2, 0) is 0 Å². The minimum Gasteiger partial charge on any atom is -0.347 e. The fourth-order valence-corrected chi connectivity index (χ4v) is 1.39. The largest absolute Gasteiger partial charge is 0.347 e. The summed E-state index contributed by atoms with van der Waals surface area (Å²) in [7, 11) is 0. The van der Waals surface area contributed by atoms with Crippen LogP contribution in [0.2, 0.25) is 0 Å². The fraction of sp³-hybridized carbons (Fsp3) is 0.455. The highest BCUT2D eigenvalue weighted by atomic mass is 15.4. The van der Waals surface area contributed by atoms with Crippen molar-refractivity contribution in [2.45, 2.75) is 26.3 Å². The second-order valence-corrected chi connectivity index (χ2v) is 4.66. The summed E-state index contributed by atoms with van der Waals surface area (Å²) in [4.78, 5) is 4.39. The number of rotatable bonds is 3. The maximum Gasteiger partial charge on any atom is 0.243 e. The van der Waals surface area contributed by atoms with Gasteiger partial charge in [0.15, 0.2) is 5.65 Å². The zero-order chi connectivity index (χ0) is 11.8. The lowest BCUT2D eigenvalue weighted by Crippen LogP contribution is -2.39. The van der Waals surface area contributed by atoms with E-state index in [-0.39, 0.29) is 5.54 Å². The van der Waals surface area contributed by atoms with Gasteiger partial charge in [-0.2, -0.15) is 4.98 Å². The van der Waals surface area contributed by atoms with Crippen molar-refractivity contribution in [3.05, 3.63) is 23.9 Å². The van der Waals surface area contributed by atoms with Crippen molar-refractivity contribution in [3.63, 3.8) is 0 Å². The van der Waals surface area contributed by atoms with Crippen molar-refractivity contribution in [1.82, 2.24) is 14.6 Å². The van der Waals surface area contributed by atoms with Crippen molar-refractivity contribution in [2.75, 3.05) is 11.9 Å². The molecular weight excluding hydrogens is 202 g/mol. The van der Waals surface area contributed by atoms with E-state index in [2.05, 4.69) is 15.4 Å². The average molecular weight is 219 g/mol. The van der Waals surface area contributed by atoms with Crippen LogP contribution in [0.25, 0.3) is 5.65 Å². The number of aryl methyl sites for hydroxylation is 1. The molecule has 5 heteroatoms. The van der Waals surface area contributed by atoms with Gasteiger partial charge in [0, 0.05) is 18.3 Å². The SMILES string of the molecule is Cc1ccn2nc(NC(C)(C)CN)nc2c1. The summed E-state index contributed by atoms with van der Waals surface area (Å²) >= 11 is 0.